The number of amides is 1. The van der Waals surface area contributed by atoms with Gasteiger partial charge in [0, 0.05) is 19.4 Å². The monoisotopic (exact) mass is 325 g/mol. The third-order valence-electron chi connectivity index (χ3n) is 3.94. The van der Waals surface area contributed by atoms with Crippen LogP contribution in [0, 0.1) is 5.82 Å². The van der Waals surface area contributed by atoms with Gasteiger partial charge in [-0.3, -0.25) is 0 Å². The predicted molar refractivity (Wildman–Crippen MR) is 77.5 cm³/mol. The molecule has 2 saturated heterocycles. The van der Waals surface area contributed by atoms with Gasteiger partial charge in [-0.1, -0.05) is 0 Å². The van der Waals surface area contributed by atoms with Crippen molar-refractivity contribution in [3.8, 4) is 6.01 Å². The summed E-state index contributed by atoms with van der Waals surface area (Å²) in [5.41, 5.74) is 0. The number of aromatic nitrogens is 2. The number of rotatable bonds is 3. The second-order valence-corrected chi connectivity index (χ2v) is 5.71. The van der Waals surface area contributed by atoms with Gasteiger partial charge in [0.25, 0.3) is 0 Å². The Morgan fingerprint density at radius 1 is 1.22 bits per heavy atom. The van der Waals surface area contributed by atoms with Crippen LogP contribution in [-0.4, -0.2) is 59.5 Å². The van der Waals surface area contributed by atoms with Crippen molar-refractivity contribution in [3.63, 3.8) is 0 Å². The van der Waals surface area contributed by atoms with E-state index in [0.29, 0.717) is 26.3 Å². The van der Waals surface area contributed by atoms with Crippen LogP contribution in [0.4, 0.5) is 9.18 Å². The van der Waals surface area contributed by atoms with E-state index in [-0.39, 0.29) is 24.3 Å². The number of hydrogen-bond donors (Lipinski definition) is 0. The van der Waals surface area contributed by atoms with Crippen LogP contribution in [0.2, 0.25) is 0 Å². The lowest BCUT2D eigenvalue weighted by Gasteiger charge is -2.33. The van der Waals surface area contributed by atoms with Gasteiger partial charge in [0.05, 0.1) is 32.2 Å². The Morgan fingerprint density at radius 3 is 2.70 bits per heavy atom. The topological polar surface area (TPSA) is 73.8 Å². The zero-order chi connectivity index (χ0) is 16.1. The van der Waals surface area contributed by atoms with E-state index in [1.165, 1.54) is 0 Å². The lowest BCUT2D eigenvalue weighted by molar-refractivity contribution is -0.0177. The number of carbonyl (C=O) groups excluding carboxylic acids is 1. The first-order valence-corrected chi connectivity index (χ1v) is 7.88. The van der Waals surface area contributed by atoms with Gasteiger partial charge in [-0.2, -0.15) is 0 Å². The third kappa shape index (κ3) is 4.51. The van der Waals surface area contributed by atoms with Crippen molar-refractivity contribution in [1.29, 1.82) is 0 Å². The average Bonchev–Trinajstić information content (AvgIpc) is 2.58. The number of ether oxygens (including phenoxy) is 3. The Kier molecular flexibility index (Phi) is 5.22. The van der Waals surface area contributed by atoms with Gasteiger partial charge in [0.2, 0.25) is 0 Å². The number of carbonyl (C=O) groups is 1. The van der Waals surface area contributed by atoms with Crippen molar-refractivity contribution in [1.82, 2.24) is 14.9 Å². The number of piperidine rings is 1. The molecule has 0 aliphatic carbocycles. The summed E-state index contributed by atoms with van der Waals surface area (Å²) in [5.74, 6) is -0.511. The third-order valence-corrected chi connectivity index (χ3v) is 3.94. The summed E-state index contributed by atoms with van der Waals surface area (Å²) < 4.78 is 29.2. The molecule has 1 aromatic rings. The van der Waals surface area contributed by atoms with E-state index in [1.54, 1.807) is 4.90 Å². The predicted octanol–water partition coefficient (Wildman–Crippen LogP) is 1.77. The van der Waals surface area contributed by atoms with Gasteiger partial charge in [-0.15, -0.1) is 0 Å². The minimum Gasteiger partial charge on any atom is -0.458 e. The summed E-state index contributed by atoms with van der Waals surface area (Å²) in [5, 5.41) is 0. The highest BCUT2D eigenvalue weighted by atomic mass is 19.1. The number of likely N-dealkylation sites (tertiary alicyclic amines) is 1. The smallest absolute Gasteiger partial charge is 0.410 e. The highest BCUT2D eigenvalue weighted by Crippen LogP contribution is 2.18. The number of hydrogen-bond acceptors (Lipinski definition) is 6. The number of nitrogens with zero attached hydrogens (tertiary/aromatic N) is 3. The molecule has 3 heterocycles. The summed E-state index contributed by atoms with van der Waals surface area (Å²) in [6, 6.07) is 0.121. The molecule has 126 valence electrons. The van der Waals surface area contributed by atoms with Crippen LogP contribution < -0.4 is 4.74 Å². The van der Waals surface area contributed by atoms with Crippen LogP contribution in [0.5, 0.6) is 6.01 Å². The molecule has 0 N–H and O–H groups in total. The van der Waals surface area contributed by atoms with Gasteiger partial charge >= 0.3 is 12.1 Å². The van der Waals surface area contributed by atoms with Gasteiger partial charge in [-0.05, 0) is 12.8 Å². The van der Waals surface area contributed by atoms with E-state index in [4.69, 9.17) is 14.2 Å². The molecule has 2 fully saturated rings. The molecule has 0 radical (unpaired) electrons. The SMILES string of the molecule is O=C(OC1CCOCC1)N1CCCC(Oc2ncc(F)cn2)C1. The maximum Gasteiger partial charge on any atom is 0.410 e. The first kappa shape index (κ1) is 15.9. The summed E-state index contributed by atoms with van der Waals surface area (Å²) in [6.07, 6.45) is 4.60. The van der Waals surface area contributed by atoms with E-state index < -0.39 is 5.82 Å². The zero-order valence-corrected chi connectivity index (χ0v) is 12.8. The first-order chi connectivity index (χ1) is 11.2. The van der Waals surface area contributed by atoms with Crippen LogP contribution in [0.1, 0.15) is 25.7 Å². The summed E-state index contributed by atoms with van der Waals surface area (Å²) >= 11 is 0. The maximum atomic E-state index is 12.8. The van der Waals surface area contributed by atoms with Crippen molar-refractivity contribution in [2.45, 2.75) is 37.9 Å². The fourth-order valence-corrected chi connectivity index (χ4v) is 2.72. The average molecular weight is 325 g/mol. The van der Waals surface area contributed by atoms with Crippen LogP contribution in [-0.2, 0) is 9.47 Å². The van der Waals surface area contributed by atoms with Crippen LogP contribution >= 0.6 is 0 Å². The zero-order valence-electron chi connectivity index (χ0n) is 12.8. The molecule has 8 heteroatoms. The molecule has 23 heavy (non-hydrogen) atoms. The minimum absolute atomic E-state index is 0.0713. The fraction of sp³-hybridized carbons (Fsp3) is 0.667. The molecule has 1 atom stereocenters. The minimum atomic E-state index is -0.511. The van der Waals surface area contributed by atoms with Crippen LogP contribution in [0.25, 0.3) is 0 Å². The quantitative estimate of drug-likeness (QED) is 0.843. The molecule has 0 bridgehead atoms. The molecule has 1 aromatic heterocycles. The Hall–Kier alpha value is -1.96. The van der Waals surface area contributed by atoms with E-state index in [1.807, 2.05) is 0 Å². The Balaban J connectivity index is 1.50. The van der Waals surface area contributed by atoms with Gasteiger partial charge in [0.15, 0.2) is 5.82 Å². The first-order valence-electron chi connectivity index (χ1n) is 7.88. The second-order valence-electron chi connectivity index (χ2n) is 5.71. The molecule has 1 unspecified atom stereocenters. The lowest BCUT2D eigenvalue weighted by atomic mass is 10.1. The standard InChI is InChI=1S/C15H20FN3O4/c16-11-8-17-14(18-9-11)22-13-2-1-5-19(10-13)15(20)23-12-3-6-21-7-4-12/h8-9,12-13H,1-7,10H2. The Morgan fingerprint density at radius 2 is 1.96 bits per heavy atom. The highest BCUT2D eigenvalue weighted by Gasteiger charge is 2.28. The van der Waals surface area contributed by atoms with E-state index >= 15 is 0 Å². The van der Waals surface area contributed by atoms with E-state index in [9.17, 15) is 9.18 Å². The maximum absolute atomic E-state index is 12.8. The van der Waals surface area contributed by atoms with Crippen molar-refractivity contribution in [2.75, 3.05) is 26.3 Å². The number of halogens is 1. The van der Waals surface area contributed by atoms with Gasteiger partial charge in [-0.25, -0.2) is 19.2 Å². The highest BCUT2D eigenvalue weighted by molar-refractivity contribution is 5.68. The van der Waals surface area contributed by atoms with Gasteiger partial charge in [0.1, 0.15) is 12.2 Å². The summed E-state index contributed by atoms with van der Waals surface area (Å²) in [4.78, 5) is 21.4. The summed E-state index contributed by atoms with van der Waals surface area (Å²) in [6.45, 7) is 2.33. The molecular formula is C15H20FN3O4. The summed E-state index contributed by atoms with van der Waals surface area (Å²) in [7, 11) is 0. The molecule has 2 aliphatic heterocycles. The molecule has 3 rings (SSSR count). The van der Waals surface area contributed by atoms with Crippen molar-refractivity contribution in [3.05, 3.63) is 18.2 Å². The Labute approximate surface area is 133 Å². The normalized spacial score (nSPS) is 22.7. The van der Waals surface area contributed by atoms with Crippen molar-refractivity contribution >= 4 is 6.09 Å². The molecule has 0 aromatic carbocycles. The molecular weight excluding hydrogens is 305 g/mol. The van der Waals surface area contributed by atoms with Crippen LogP contribution in [0.3, 0.4) is 0 Å². The van der Waals surface area contributed by atoms with E-state index in [2.05, 4.69) is 9.97 Å². The molecule has 7 nitrogen and oxygen atoms in total. The molecule has 2 aliphatic rings. The molecule has 0 saturated carbocycles. The van der Waals surface area contributed by atoms with Crippen molar-refractivity contribution in [2.24, 2.45) is 0 Å². The van der Waals surface area contributed by atoms with E-state index in [0.717, 1.165) is 38.1 Å². The molecule has 1 amide bonds. The largest absolute Gasteiger partial charge is 0.458 e. The van der Waals surface area contributed by atoms with Gasteiger partial charge < -0.3 is 19.1 Å². The Bertz CT molecular complexity index is 522. The fourth-order valence-electron chi connectivity index (χ4n) is 2.72. The molecule has 0 spiro atoms. The van der Waals surface area contributed by atoms with Crippen LogP contribution in [0.15, 0.2) is 12.4 Å². The second kappa shape index (κ2) is 7.54. The lowest BCUT2D eigenvalue weighted by Crippen LogP contribution is -2.46. The van der Waals surface area contributed by atoms with Crippen molar-refractivity contribution < 1.29 is 23.4 Å².